The Bertz CT molecular complexity index is 1270. The maximum atomic E-state index is 14.1. The van der Waals surface area contributed by atoms with Crippen LogP contribution < -0.4 is 16.4 Å². The number of hydrogen-bond acceptors (Lipinski definition) is 11. The van der Waals surface area contributed by atoms with E-state index in [1.165, 1.54) is 0 Å². The van der Waals surface area contributed by atoms with Crippen LogP contribution in [-0.4, -0.2) is 102 Å². The number of esters is 1. The quantitative estimate of drug-likeness (QED) is 0.0374. The first-order valence-corrected chi connectivity index (χ1v) is 20.9. The highest BCUT2D eigenvalue weighted by Gasteiger charge is 2.45. The Kier molecular flexibility index (Phi) is 21.4. The van der Waals surface area contributed by atoms with Gasteiger partial charge in [0, 0.05) is 32.1 Å². The van der Waals surface area contributed by atoms with Gasteiger partial charge in [0.2, 0.25) is 0 Å². The van der Waals surface area contributed by atoms with Crippen LogP contribution >= 0.6 is 0 Å². The number of nitrogens with zero attached hydrogens (tertiary/aromatic N) is 1. The number of hydrogen-bond donors (Lipinski definition) is 4. The zero-order chi connectivity index (χ0) is 42.0. The predicted octanol–water partition coefficient (Wildman–Crippen LogP) is 7.11. The smallest absolute Gasteiger partial charge is 0.410 e. The highest BCUT2D eigenvalue weighted by Crippen LogP contribution is 2.31. The lowest BCUT2D eigenvalue weighted by Crippen LogP contribution is -2.59. The van der Waals surface area contributed by atoms with Gasteiger partial charge in [-0.05, 0) is 128 Å². The SMILES string of the molecule is CC(C)(C)OC(=O)NCCCCN(CC(CCCCCCCS(=O)(=O)O)C(N)(CCCCNC(=O)OC(C)(C)C)C(=O)OC(C)(C)C)C(=O)OC(C)(C)C. The number of ether oxygens (including phenoxy) is 4. The first kappa shape index (κ1) is 51.1. The van der Waals surface area contributed by atoms with Crippen LogP contribution in [0.25, 0.3) is 0 Å². The second-order valence-electron chi connectivity index (χ2n) is 18.0. The second kappa shape index (κ2) is 22.6. The van der Waals surface area contributed by atoms with Gasteiger partial charge in [-0.25, -0.2) is 14.4 Å². The molecule has 2 atom stereocenters. The van der Waals surface area contributed by atoms with E-state index in [0.717, 1.165) is 0 Å². The molecule has 54 heavy (non-hydrogen) atoms. The van der Waals surface area contributed by atoms with Crippen molar-refractivity contribution in [1.29, 1.82) is 0 Å². The zero-order valence-corrected chi connectivity index (χ0v) is 36.2. The monoisotopic (exact) mass is 795 g/mol. The van der Waals surface area contributed by atoms with Crippen molar-refractivity contribution >= 4 is 34.4 Å². The molecular weight excluding hydrogens is 721 g/mol. The Morgan fingerprint density at radius 2 is 1.07 bits per heavy atom. The minimum absolute atomic E-state index is 0.0864. The second-order valence-corrected chi connectivity index (χ2v) is 19.6. The first-order valence-electron chi connectivity index (χ1n) is 19.3. The fraction of sp³-hybridized carbons (Fsp3) is 0.895. The molecule has 0 heterocycles. The van der Waals surface area contributed by atoms with E-state index >= 15 is 0 Å². The molecule has 318 valence electrons. The standard InChI is InChI=1S/C38H74N4O11S/c1-34(2,3)50-30(43)38(39,23-17-18-24-40-31(44)51-35(4,5)6)29(22-16-14-13-15-21-27-54(47,48)49)28-42(33(46)53-37(10,11)12)26-20-19-25-41-32(45)52-36(7,8)9/h29H,13-28,39H2,1-12H3,(H,40,44)(H,41,45)(H,47,48,49). The molecule has 0 bridgehead atoms. The van der Waals surface area contributed by atoms with Crippen molar-refractivity contribution in [3.05, 3.63) is 0 Å². The van der Waals surface area contributed by atoms with Crippen LogP contribution in [0.4, 0.5) is 14.4 Å². The molecule has 0 aromatic carbocycles. The van der Waals surface area contributed by atoms with Gasteiger partial charge < -0.3 is 40.2 Å². The molecule has 3 amide bonds. The van der Waals surface area contributed by atoms with Crippen molar-refractivity contribution in [2.45, 2.75) is 182 Å². The topological polar surface area (TPSA) is 213 Å². The number of unbranched alkanes of at least 4 members (excludes halogenated alkanes) is 6. The fourth-order valence-electron chi connectivity index (χ4n) is 5.39. The third-order valence-corrected chi connectivity index (χ3v) is 8.57. The summed E-state index contributed by atoms with van der Waals surface area (Å²) in [6.45, 7) is 22.2. The average molecular weight is 795 g/mol. The highest BCUT2D eigenvalue weighted by atomic mass is 32.2. The number of carbonyl (C=O) groups excluding carboxylic acids is 4. The number of amides is 3. The van der Waals surface area contributed by atoms with Crippen molar-refractivity contribution in [3.63, 3.8) is 0 Å². The van der Waals surface area contributed by atoms with Gasteiger partial charge in [0.15, 0.2) is 0 Å². The molecule has 5 N–H and O–H groups in total. The number of nitrogens with two attached hydrogens (primary N) is 1. The number of rotatable bonds is 22. The zero-order valence-electron chi connectivity index (χ0n) is 35.4. The molecule has 0 fully saturated rings. The third-order valence-electron chi connectivity index (χ3n) is 7.76. The molecule has 0 rings (SSSR count). The van der Waals surface area contributed by atoms with Crippen molar-refractivity contribution in [2.24, 2.45) is 11.7 Å². The molecule has 0 radical (unpaired) electrons. The molecule has 15 nitrogen and oxygen atoms in total. The van der Waals surface area contributed by atoms with Crippen molar-refractivity contribution < 1.29 is 51.1 Å². The lowest BCUT2D eigenvalue weighted by molar-refractivity contribution is -0.165. The molecule has 16 heteroatoms. The summed E-state index contributed by atoms with van der Waals surface area (Å²) in [4.78, 5) is 53.6. The molecule has 0 saturated heterocycles. The molecule has 0 saturated carbocycles. The summed E-state index contributed by atoms with van der Waals surface area (Å²) in [6.07, 6.45) is 3.97. The summed E-state index contributed by atoms with van der Waals surface area (Å²) in [6, 6.07) is 0. The van der Waals surface area contributed by atoms with E-state index in [0.29, 0.717) is 77.3 Å². The fourth-order valence-corrected chi connectivity index (χ4v) is 5.96. The maximum Gasteiger partial charge on any atom is 0.410 e. The van der Waals surface area contributed by atoms with Gasteiger partial charge in [0.05, 0.1) is 5.75 Å². The van der Waals surface area contributed by atoms with E-state index in [9.17, 15) is 27.6 Å². The molecule has 0 aromatic heterocycles. The van der Waals surface area contributed by atoms with Gasteiger partial charge in [0.1, 0.15) is 27.9 Å². The van der Waals surface area contributed by atoms with Crippen LogP contribution in [0.15, 0.2) is 0 Å². The van der Waals surface area contributed by atoms with Crippen LogP contribution in [-0.2, 0) is 33.9 Å². The lowest BCUT2D eigenvalue weighted by atomic mass is 9.77. The first-order chi connectivity index (χ1) is 24.4. The lowest BCUT2D eigenvalue weighted by Gasteiger charge is -2.40. The predicted molar refractivity (Wildman–Crippen MR) is 210 cm³/mol. The molecular formula is C38H74N4O11S. The van der Waals surface area contributed by atoms with E-state index in [1.807, 2.05) is 0 Å². The summed E-state index contributed by atoms with van der Waals surface area (Å²) in [7, 11) is -4.03. The van der Waals surface area contributed by atoms with Gasteiger partial charge in [0.25, 0.3) is 10.1 Å². The minimum Gasteiger partial charge on any atom is -0.459 e. The Labute approximate surface area is 325 Å². The van der Waals surface area contributed by atoms with E-state index in [4.69, 9.17) is 29.2 Å². The van der Waals surface area contributed by atoms with Gasteiger partial charge in [-0.15, -0.1) is 0 Å². The Hall–Kier alpha value is -2.85. The summed E-state index contributed by atoms with van der Waals surface area (Å²) >= 11 is 0. The van der Waals surface area contributed by atoms with Gasteiger partial charge in [-0.1, -0.05) is 25.7 Å². The van der Waals surface area contributed by atoms with Crippen LogP contribution in [0.2, 0.25) is 0 Å². The minimum atomic E-state index is -4.03. The van der Waals surface area contributed by atoms with Crippen LogP contribution in [0.5, 0.6) is 0 Å². The summed E-state index contributed by atoms with van der Waals surface area (Å²) in [5.41, 5.74) is 2.70. The van der Waals surface area contributed by atoms with Gasteiger partial charge in [-0.3, -0.25) is 9.35 Å². The molecule has 0 aliphatic heterocycles. The largest absolute Gasteiger partial charge is 0.459 e. The van der Waals surface area contributed by atoms with E-state index < -0.39 is 68.2 Å². The summed E-state index contributed by atoms with van der Waals surface area (Å²) in [5, 5.41) is 5.47. The maximum absolute atomic E-state index is 14.1. The number of nitrogens with one attached hydrogen (secondary N) is 2. The van der Waals surface area contributed by atoms with Gasteiger partial charge in [-0.2, -0.15) is 8.42 Å². The third kappa shape index (κ3) is 26.8. The van der Waals surface area contributed by atoms with Crippen LogP contribution in [0, 0.1) is 5.92 Å². The highest BCUT2D eigenvalue weighted by molar-refractivity contribution is 7.85. The van der Waals surface area contributed by atoms with Gasteiger partial charge >= 0.3 is 24.2 Å². The normalized spacial score (nSPS) is 14.3. The van der Waals surface area contributed by atoms with Crippen molar-refractivity contribution in [2.75, 3.05) is 31.9 Å². The number of alkyl carbamates (subject to hydrolysis) is 2. The molecule has 0 spiro atoms. The molecule has 2 unspecified atom stereocenters. The van der Waals surface area contributed by atoms with Crippen molar-refractivity contribution in [1.82, 2.24) is 15.5 Å². The van der Waals surface area contributed by atoms with E-state index in [2.05, 4.69) is 10.6 Å². The van der Waals surface area contributed by atoms with Crippen LogP contribution in [0.1, 0.15) is 154 Å². The number of carbonyl (C=O) groups is 4. The molecule has 0 aliphatic rings. The molecule has 0 aromatic rings. The average Bonchev–Trinajstić information content (AvgIpc) is 2.94. The summed E-state index contributed by atoms with van der Waals surface area (Å²) < 4.78 is 53.7. The van der Waals surface area contributed by atoms with Crippen LogP contribution in [0.3, 0.4) is 0 Å². The van der Waals surface area contributed by atoms with E-state index in [1.54, 1.807) is 88.0 Å². The molecule has 0 aliphatic carbocycles. The summed E-state index contributed by atoms with van der Waals surface area (Å²) in [5.74, 6) is -1.48. The Morgan fingerprint density at radius 3 is 1.54 bits per heavy atom. The van der Waals surface area contributed by atoms with Crippen molar-refractivity contribution in [3.8, 4) is 0 Å². The van der Waals surface area contributed by atoms with E-state index in [-0.39, 0.29) is 25.3 Å². The Balaban J connectivity index is 6.28. The Morgan fingerprint density at radius 1 is 0.630 bits per heavy atom.